The molecule has 0 spiro atoms. The first-order valence-electron chi connectivity index (χ1n) is 9.83. The van der Waals surface area contributed by atoms with Gasteiger partial charge in [0.25, 0.3) is 0 Å². The zero-order valence-corrected chi connectivity index (χ0v) is 17.6. The Morgan fingerprint density at radius 2 is 1.69 bits per heavy atom. The number of hydrogen-bond donors (Lipinski definition) is 1. The fourth-order valence-electron chi connectivity index (χ4n) is 3.14. The summed E-state index contributed by atoms with van der Waals surface area (Å²) >= 11 is 4.48. The van der Waals surface area contributed by atoms with Crippen molar-refractivity contribution in [2.24, 2.45) is 5.41 Å². The van der Waals surface area contributed by atoms with Gasteiger partial charge >= 0.3 is 0 Å². The van der Waals surface area contributed by atoms with Crippen LogP contribution in [-0.4, -0.2) is 23.7 Å². The van der Waals surface area contributed by atoms with Crippen molar-refractivity contribution < 1.29 is 14.3 Å². The summed E-state index contributed by atoms with van der Waals surface area (Å²) in [5.74, 6) is 0.311. The molecule has 0 bridgehead atoms. The number of rotatable bonds is 9. The maximum atomic E-state index is 12.0. The third-order valence-corrected chi connectivity index (χ3v) is 5.77. The van der Waals surface area contributed by atoms with Gasteiger partial charge < -0.3 is 9.47 Å². The van der Waals surface area contributed by atoms with Gasteiger partial charge in [-0.15, -0.1) is 0 Å². The third-order valence-electron chi connectivity index (χ3n) is 5.54. The van der Waals surface area contributed by atoms with E-state index in [2.05, 4.69) is 50.7 Å². The highest BCUT2D eigenvalue weighted by atomic mass is 32.1. The molecule has 0 aromatic heterocycles. The Morgan fingerprint density at radius 3 is 2.19 bits per heavy atom. The Balaban J connectivity index is 1.81. The molecule has 0 unspecified atom stereocenters. The minimum atomic E-state index is -0.269. The van der Waals surface area contributed by atoms with Crippen LogP contribution in [0.15, 0.2) is 24.3 Å². The Morgan fingerprint density at radius 1 is 1.12 bits per heavy atom. The van der Waals surface area contributed by atoms with E-state index >= 15 is 0 Å². The molecule has 1 aliphatic heterocycles. The van der Waals surface area contributed by atoms with E-state index in [1.54, 1.807) is 0 Å². The molecule has 0 aliphatic carbocycles. The quantitative estimate of drug-likeness (QED) is 0.574. The Labute approximate surface area is 164 Å². The lowest BCUT2D eigenvalue weighted by Crippen LogP contribution is -2.37. The Hall–Kier alpha value is -0.840. The number of hydrogen-bond acceptors (Lipinski definition) is 4. The van der Waals surface area contributed by atoms with E-state index < -0.39 is 0 Å². The van der Waals surface area contributed by atoms with Gasteiger partial charge in [-0.2, -0.15) is 12.6 Å². The highest BCUT2D eigenvalue weighted by Crippen LogP contribution is 2.36. The molecular formula is C22H34O3S. The number of carbonyl (C=O) groups excluding carboxylic acids is 1. The third kappa shape index (κ3) is 6.40. The van der Waals surface area contributed by atoms with E-state index in [0.29, 0.717) is 18.6 Å². The fourth-order valence-corrected chi connectivity index (χ4v) is 3.25. The van der Waals surface area contributed by atoms with Crippen LogP contribution in [0.25, 0.3) is 0 Å². The summed E-state index contributed by atoms with van der Waals surface area (Å²) in [6.45, 7) is 9.99. The van der Waals surface area contributed by atoms with E-state index in [-0.39, 0.29) is 16.5 Å². The number of benzene rings is 1. The normalized spacial score (nSPS) is 18.0. The van der Waals surface area contributed by atoms with Crippen molar-refractivity contribution in [2.75, 3.05) is 13.2 Å². The van der Waals surface area contributed by atoms with Gasteiger partial charge in [-0.3, -0.25) is 4.79 Å². The van der Waals surface area contributed by atoms with Crippen LogP contribution in [0.4, 0.5) is 0 Å². The van der Waals surface area contributed by atoms with Crippen LogP contribution in [-0.2, 0) is 20.7 Å². The van der Waals surface area contributed by atoms with Crippen LogP contribution in [0, 0.1) is 5.41 Å². The second kappa shape index (κ2) is 9.38. The summed E-state index contributed by atoms with van der Waals surface area (Å²) in [7, 11) is 0. The first-order valence-corrected chi connectivity index (χ1v) is 10.3. The maximum absolute atomic E-state index is 12.0. The van der Waals surface area contributed by atoms with Gasteiger partial charge in [-0.05, 0) is 31.2 Å². The molecule has 0 saturated carbocycles. The largest absolute Gasteiger partial charge is 0.348 e. The molecule has 1 heterocycles. The van der Waals surface area contributed by atoms with E-state index in [0.717, 1.165) is 44.5 Å². The second-order valence-corrected chi connectivity index (χ2v) is 9.46. The molecule has 4 heteroatoms. The molecular weight excluding hydrogens is 344 g/mol. The number of carbonyl (C=O) groups is 1. The molecule has 0 N–H and O–H groups in total. The van der Waals surface area contributed by atoms with Gasteiger partial charge in [0.05, 0.1) is 13.2 Å². The monoisotopic (exact) mass is 378 g/mol. The SMILES string of the molecule is CCC1(CC)COC(c2ccc(CCC(=O)CCC(C)(C)S)cc2)OC1. The lowest BCUT2D eigenvalue weighted by molar-refractivity contribution is -0.235. The van der Waals surface area contributed by atoms with Gasteiger partial charge in [-0.25, -0.2) is 0 Å². The van der Waals surface area contributed by atoms with Crippen molar-refractivity contribution in [1.82, 2.24) is 0 Å². The van der Waals surface area contributed by atoms with Crippen molar-refractivity contribution in [2.45, 2.75) is 77.3 Å². The standard InChI is InChI=1S/C22H34O3S/c1-5-22(6-2)15-24-20(25-16-22)18-10-7-17(8-11-18)9-12-19(23)13-14-21(3,4)26/h7-8,10-11,20,26H,5-6,9,12-16H2,1-4H3. The second-order valence-electron chi connectivity index (χ2n) is 8.25. The summed E-state index contributed by atoms with van der Waals surface area (Å²) in [4.78, 5) is 12.0. The highest BCUT2D eigenvalue weighted by Gasteiger charge is 2.34. The average Bonchev–Trinajstić information content (AvgIpc) is 2.64. The van der Waals surface area contributed by atoms with Gasteiger partial charge in [-0.1, -0.05) is 52.0 Å². The molecule has 2 rings (SSSR count). The van der Waals surface area contributed by atoms with Crippen molar-refractivity contribution in [3.8, 4) is 0 Å². The minimum Gasteiger partial charge on any atom is -0.348 e. The molecule has 0 amide bonds. The van der Waals surface area contributed by atoms with Crippen molar-refractivity contribution in [3.05, 3.63) is 35.4 Å². The molecule has 1 aromatic carbocycles. The smallest absolute Gasteiger partial charge is 0.183 e. The summed E-state index contributed by atoms with van der Waals surface area (Å²) in [6.07, 6.45) is 4.69. The molecule has 1 saturated heterocycles. The molecule has 1 aliphatic rings. The number of ketones is 1. The average molecular weight is 379 g/mol. The molecule has 146 valence electrons. The molecule has 3 nitrogen and oxygen atoms in total. The van der Waals surface area contributed by atoms with E-state index in [9.17, 15) is 4.79 Å². The van der Waals surface area contributed by atoms with Crippen molar-refractivity contribution in [3.63, 3.8) is 0 Å². The highest BCUT2D eigenvalue weighted by molar-refractivity contribution is 7.81. The van der Waals surface area contributed by atoms with Crippen LogP contribution in [0.5, 0.6) is 0 Å². The van der Waals surface area contributed by atoms with Crippen LogP contribution >= 0.6 is 12.6 Å². The van der Waals surface area contributed by atoms with Crippen LogP contribution in [0.2, 0.25) is 0 Å². The molecule has 0 radical (unpaired) electrons. The topological polar surface area (TPSA) is 35.5 Å². The van der Waals surface area contributed by atoms with Crippen LogP contribution < -0.4 is 0 Å². The number of ether oxygens (including phenoxy) is 2. The van der Waals surface area contributed by atoms with E-state index in [1.807, 2.05) is 13.8 Å². The Kier molecular flexibility index (Phi) is 7.75. The van der Waals surface area contributed by atoms with Crippen molar-refractivity contribution in [1.29, 1.82) is 0 Å². The summed E-state index contributed by atoms with van der Waals surface area (Å²) < 4.78 is 11.9. The maximum Gasteiger partial charge on any atom is 0.183 e. The first-order chi connectivity index (χ1) is 12.3. The van der Waals surface area contributed by atoms with Crippen LogP contribution in [0.1, 0.15) is 77.2 Å². The number of Topliss-reactive ketones (excluding diaryl/α,β-unsaturated/α-hetero) is 1. The fraction of sp³-hybridized carbons (Fsp3) is 0.682. The minimum absolute atomic E-state index is 0.0789. The molecule has 1 aromatic rings. The lowest BCUT2D eigenvalue weighted by Gasteiger charge is -2.39. The summed E-state index contributed by atoms with van der Waals surface area (Å²) in [5, 5.41) is 0. The van der Waals surface area contributed by atoms with Crippen LogP contribution in [0.3, 0.4) is 0 Å². The van der Waals surface area contributed by atoms with Gasteiger partial charge in [0.2, 0.25) is 0 Å². The molecule has 0 atom stereocenters. The first kappa shape index (κ1) is 21.5. The van der Waals surface area contributed by atoms with E-state index in [4.69, 9.17) is 9.47 Å². The van der Waals surface area contributed by atoms with E-state index in [1.165, 1.54) is 5.56 Å². The molecule has 26 heavy (non-hydrogen) atoms. The predicted molar refractivity (Wildman–Crippen MR) is 110 cm³/mol. The Bertz CT molecular complexity index is 560. The summed E-state index contributed by atoms with van der Waals surface area (Å²) in [6, 6.07) is 8.29. The molecule has 1 fully saturated rings. The lowest BCUT2D eigenvalue weighted by atomic mass is 9.83. The summed E-state index contributed by atoms with van der Waals surface area (Å²) in [5.41, 5.74) is 2.40. The number of thiol groups is 1. The number of aryl methyl sites for hydroxylation is 1. The zero-order valence-electron chi connectivity index (χ0n) is 16.7. The van der Waals surface area contributed by atoms with Gasteiger partial charge in [0.15, 0.2) is 6.29 Å². The van der Waals surface area contributed by atoms with Crippen molar-refractivity contribution >= 4 is 18.4 Å². The zero-order chi connectivity index (χ0) is 19.2. The van der Waals surface area contributed by atoms with Gasteiger partial charge in [0, 0.05) is 28.6 Å². The van der Waals surface area contributed by atoms with Gasteiger partial charge in [0.1, 0.15) is 5.78 Å². The predicted octanol–water partition coefficient (Wildman–Crippen LogP) is 5.53.